The number of hydrogen-bond donors (Lipinski definition) is 1. The number of nitrogens with zero attached hydrogens (tertiary/aromatic N) is 2. The van der Waals surface area contributed by atoms with Gasteiger partial charge in [0.2, 0.25) is 5.76 Å². The topological polar surface area (TPSA) is 56.9 Å². The monoisotopic (exact) mass is 306 g/mol. The fraction of sp³-hybridized carbons (Fsp3) is 0.438. The minimum Gasteiger partial charge on any atom is -0.475 e. The number of furan rings is 1. The van der Waals surface area contributed by atoms with Crippen molar-refractivity contribution in [3.05, 3.63) is 34.8 Å². The van der Waals surface area contributed by atoms with Gasteiger partial charge in [-0.25, -0.2) is 9.18 Å². The first-order valence-electron chi connectivity index (χ1n) is 7.31. The summed E-state index contributed by atoms with van der Waals surface area (Å²) in [6.45, 7) is 6.20. The summed E-state index contributed by atoms with van der Waals surface area (Å²) in [5.41, 5.74) is 1.34. The molecule has 0 spiro atoms. The Balaban J connectivity index is 1.91. The second-order valence-electron chi connectivity index (χ2n) is 5.90. The van der Waals surface area contributed by atoms with Crippen molar-refractivity contribution < 1.29 is 18.7 Å². The van der Waals surface area contributed by atoms with Crippen LogP contribution in [0.2, 0.25) is 0 Å². The molecule has 1 aliphatic rings. The molecule has 118 valence electrons. The molecule has 1 aliphatic heterocycles. The predicted molar refractivity (Wildman–Crippen MR) is 80.6 cm³/mol. The molecule has 0 saturated carbocycles. The average molecular weight is 306 g/mol. The number of fused-ring (bicyclic) bond motifs is 1. The number of rotatable bonds is 3. The van der Waals surface area contributed by atoms with Crippen molar-refractivity contribution in [2.75, 3.05) is 33.2 Å². The molecule has 6 heteroatoms. The Kier molecular flexibility index (Phi) is 3.88. The fourth-order valence-corrected chi connectivity index (χ4v) is 2.89. The van der Waals surface area contributed by atoms with E-state index in [2.05, 4.69) is 16.8 Å². The number of aryl methyl sites for hydroxylation is 1. The van der Waals surface area contributed by atoms with Gasteiger partial charge in [-0.3, -0.25) is 4.90 Å². The van der Waals surface area contributed by atoms with Gasteiger partial charge in [0.15, 0.2) is 11.4 Å². The second kappa shape index (κ2) is 5.70. The predicted octanol–water partition coefficient (Wildman–Crippen LogP) is 2.33. The number of piperazine rings is 1. The van der Waals surface area contributed by atoms with Gasteiger partial charge in [0.25, 0.3) is 0 Å². The molecule has 22 heavy (non-hydrogen) atoms. The minimum atomic E-state index is -1.17. The van der Waals surface area contributed by atoms with Gasteiger partial charge in [-0.2, -0.15) is 0 Å². The minimum absolute atomic E-state index is 0.0250. The largest absolute Gasteiger partial charge is 0.475 e. The van der Waals surface area contributed by atoms with Crippen LogP contribution in [0.5, 0.6) is 0 Å². The first-order chi connectivity index (χ1) is 10.5. The highest BCUT2D eigenvalue weighted by Crippen LogP contribution is 2.29. The zero-order valence-corrected chi connectivity index (χ0v) is 12.7. The number of carboxylic acids is 1. The number of hydrogen-bond acceptors (Lipinski definition) is 4. The molecule has 3 rings (SSSR count). The normalized spacial score (nSPS) is 17.2. The molecule has 0 radical (unpaired) electrons. The SMILES string of the molecule is Cc1c(C(=O)O)oc2c(F)cc(CN3CCN(C)CC3)cc12. The molecule has 1 saturated heterocycles. The molecule has 0 bridgehead atoms. The van der Waals surface area contributed by atoms with Gasteiger partial charge in [-0.15, -0.1) is 0 Å². The van der Waals surface area contributed by atoms with Gasteiger partial charge < -0.3 is 14.4 Å². The first kappa shape index (κ1) is 15.0. The van der Waals surface area contributed by atoms with Crippen molar-refractivity contribution in [2.45, 2.75) is 13.5 Å². The van der Waals surface area contributed by atoms with Gasteiger partial charge in [0.1, 0.15) is 0 Å². The van der Waals surface area contributed by atoms with Crippen LogP contribution in [0.4, 0.5) is 4.39 Å². The molecule has 0 amide bonds. The number of aromatic carboxylic acids is 1. The summed E-state index contributed by atoms with van der Waals surface area (Å²) in [7, 11) is 2.09. The zero-order valence-electron chi connectivity index (χ0n) is 12.7. The highest BCUT2D eigenvalue weighted by Gasteiger charge is 2.21. The Morgan fingerprint density at radius 3 is 2.64 bits per heavy atom. The van der Waals surface area contributed by atoms with Crippen LogP contribution in [0.3, 0.4) is 0 Å². The molecule has 1 N–H and O–H groups in total. The van der Waals surface area contributed by atoms with Crippen molar-refractivity contribution in [1.82, 2.24) is 9.80 Å². The fourth-order valence-electron chi connectivity index (χ4n) is 2.89. The number of carbonyl (C=O) groups is 1. The van der Waals surface area contributed by atoms with E-state index in [1.54, 1.807) is 6.92 Å². The number of benzene rings is 1. The lowest BCUT2D eigenvalue weighted by atomic mass is 10.1. The molecule has 0 atom stereocenters. The Hall–Kier alpha value is -1.92. The molecular formula is C16H19FN2O3. The maximum atomic E-state index is 14.2. The van der Waals surface area contributed by atoms with Crippen molar-refractivity contribution in [3.63, 3.8) is 0 Å². The number of carboxylic acid groups (broad SMARTS) is 1. The molecule has 1 fully saturated rings. The summed E-state index contributed by atoms with van der Waals surface area (Å²) < 4.78 is 19.4. The summed E-state index contributed by atoms with van der Waals surface area (Å²) in [6, 6.07) is 3.28. The summed E-state index contributed by atoms with van der Waals surface area (Å²) in [5, 5.41) is 9.63. The molecule has 0 aliphatic carbocycles. The highest BCUT2D eigenvalue weighted by molar-refractivity contribution is 5.95. The van der Waals surface area contributed by atoms with Crippen molar-refractivity contribution in [2.24, 2.45) is 0 Å². The van der Waals surface area contributed by atoms with Gasteiger partial charge in [-0.1, -0.05) is 0 Å². The van der Waals surface area contributed by atoms with Crippen LogP contribution in [-0.4, -0.2) is 54.1 Å². The maximum absolute atomic E-state index is 14.2. The Bertz CT molecular complexity index is 718. The Labute approximate surface area is 127 Å². The van der Waals surface area contributed by atoms with Gasteiger partial charge in [0, 0.05) is 43.7 Å². The molecule has 2 heterocycles. The van der Waals surface area contributed by atoms with Crippen LogP contribution < -0.4 is 0 Å². The highest BCUT2D eigenvalue weighted by atomic mass is 19.1. The first-order valence-corrected chi connectivity index (χ1v) is 7.31. The molecule has 2 aromatic rings. The van der Waals surface area contributed by atoms with E-state index < -0.39 is 11.8 Å². The molecular weight excluding hydrogens is 287 g/mol. The zero-order chi connectivity index (χ0) is 15.9. The van der Waals surface area contributed by atoms with Crippen LogP contribution in [-0.2, 0) is 6.54 Å². The Morgan fingerprint density at radius 1 is 1.32 bits per heavy atom. The van der Waals surface area contributed by atoms with Crippen LogP contribution in [0, 0.1) is 12.7 Å². The molecule has 1 aromatic carbocycles. The van der Waals surface area contributed by atoms with Crippen molar-refractivity contribution in [3.8, 4) is 0 Å². The third kappa shape index (κ3) is 2.71. The smallest absolute Gasteiger partial charge is 0.372 e. The summed E-state index contributed by atoms with van der Waals surface area (Å²) in [6.07, 6.45) is 0. The summed E-state index contributed by atoms with van der Waals surface area (Å²) in [5.74, 6) is -1.86. The van der Waals surface area contributed by atoms with Gasteiger partial charge in [-0.05, 0) is 31.7 Å². The number of halogens is 1. The van der Waals surface area contributed by atoms with E-state index >= 15 is 0 Å². The van der Waals surface area contributed by atoms with Crippen LogP contribution in [0.1, 0.15) is 21.7 Å². The van der Waals surface area contributed by atoms with E-state index in [-0.39, 0.29) is 11.3 Å². The third-order valence-corrected chi connectivity index (χ3v) is 4.25. The van der Waals surface area contributed by atoms with Gasteiger partial charge in [0.05, 0.1) is 0 Å². The average Bonchev–Trinajstić information content (AvgIpc) is 2.80. The van der Waals surface area contributed by atoms with E-state index in [4.69, 9.17) is 9.52 Å². The van der Waals surface area contributed by atoms with Crippen molar-refractivity contribution in [1.29, 1.82) is 0 Å². The maximum Gasteiger partial charge on any atom is 0.372 e. The molecule has 0 unspecified atom stereocenters. The van der Waals surface area contributed by atoms with Crippen LogP contribution >= 0.6 is 0 Å². The second-order valence-corrected chi connectivity index (χ2v) is 5.90. The van der Waals surface area contributed by atoms with Crippen LogP contribution in [0.15, 0.2) is 16.5 Å². The molecule has 5 nitrogen and oxygen atoms in total. The Morgan fingerprint density at radius 2 is 2.00 bits per heavy atom. The standard InChI is InChI=1S/C16H19FN2O3/c1-10-12-7-11(9-19-5-3-18(2)4-6-19)8-13(17)15(12)22-14(10)16(20)21/h7-8H,3-6,9H2,1-2H3,(H,20,21). The van der Waals surface area contributed by atoms with E-state index in [1.165, 1.54) is 6.07 Å². The van der Waals surface area contributed by atoms with E-state index in [1.807, 2.05) is 6.07 Å². The third-order valence-electron chi connectivity index (χ3n) is 4.25. The lowest BCUT2D eigenvalue weighted by Gasteiger charge is -2.32. The lowest BCUT2D eigenvalue weighted by molar-refractivity contribution is 0.0663. The summed E-state index contributed by atoms with van der Waals surface area (Å²) in [4.78, 5) is 15.6. The summed E-state index contributed by atoms with van der Waals surface area (Å²) >= 11 is 0. The molecule has 1 aromatic heterocycles. The van der Waals surface area contributed by atoms with E-state index in [9.17, 15) is 9.18 Å². The van der Waals surface area contributed by atoms with Crippen molar-refractivity contribution >= 4 is 16.9 Å². The van der Waals surface area contributed by atoms with Crippen LogP contribution in [0.25, 0.3) is 11.0 Å². The quantitative estimate of drug-likeness (QED) is 0.943. The lowest BCUT2D eigenvalue weighted by Crippen LogP contribution is -2.43. The number of likely N-dealkylation sites (N-methyl/N-ethyl adjacent to an activating group) is 1. The van der Waals surface area contributed by atoms with E-state index in [0.717, 1.165) is 31.7 Å². The van der Waals surface area contributed by atoms with Gasteiger partial charge >= 0.3 is 5.97 Å². The van der Waals surface area contributed by atoms with E-state index in [0.29, 0.717) is 17.5 Å².